The zero-order valence-electron chi connectivity index (χ0n) is 9.16. The number of nitrogens with zero attached hydrogens (tertiary/aromatic N) is 1. The Morgan fingerprint density at radius 2 is 2.07 bits per heavy atom. The van der Waals surface area contributed by atoms with Gasteiger partial charge in [-0.25, -0.2) is 0 Å². The fourth-order valence-corrected chi connectivity index (χ4v) is 2.31. The van der Waals surface area contributed by atoms with Crippen molar-refractivity contribution in [2.75, 3.05) is 26.3 Å². The topological polar surface area (TPSA) is 32.7 Å². The molecule has 0 bridgehead atoms. The number of aliphatic hydroxyl groups excluding tert-OH is 1. The summed E-state index contributed by atoms with van der Waals surface area (Å²) in [4.78, 5) is 2.78. The van der Waals surface area contributed by atoms with Crippen LogP contribution in [0.5, 0.6) is 0 Å². The number of hydrogen-bond donors (Lipinski definition) is 1. The molecular formula is C10H20BrNO2. The Hall–Kier alpha value is 0.360. The van der Waals surface area contributed by atoms with E-state index in [9.17, 15) is 0 Å². The van der Waals surface area contributed by atoms with Gasteiger partial charge in [-0.05, 0) is 20.8 Å². The molecule has 1 aliphatic rings. The van der Waals surface area contributed by atoms with Crippen LogP contribution in [0.1, 0.15) is 20.8 Å². The van der Waals surface area contributed by atoms with E-state index in [-0.39, 0.29) is 18.2 Å². The number of alkyl halides is 1. The van der Waals surface area contributed by atoms with Crippen LogP contribution in [0.15, 0.2) is 0 Å². The van der Waals surface area contributed by atoms with Gasteiger partial charge in [0.15, 0.2) is 0 Å². The van der Waals surface area contributed by atoms with Crippen molar-refractivity contribution < 1.29 is 9.84 Å². The highest BCUT2D eigenvalue weighted by Crippen LogP contribution is 2.26. The summed E-state index contributed by atoms with van der Waals surface area (Å²) in [6, 6.07) is 0. The van der Waals surface area contributed by atoms with E-state index in [1.165, 1.54) is 0 Å². The minimum atomic E-state index is 0.103. The molecule has 0 spiro atoms. The van der Waals surface area contributed by atoms with Crippen LogP contribution < -0.4 is 0 Å². The Labute approximate surface area is 94.6 Å². The number of ether oxygens (including phenoxy) is 1. The van der Waals surface area contributed by atoms with E-state index < -0.39 is 0 Å². The van der Waals surface area contributed by atoms with Crippen LogP contribution >= 0.6 is 15.9 Å². The third-order valence-electron chi connectivity index (χ3n) is 2.57. The first-order valence-corrected chi connectivity index (χ1v) is 5.98. The van der Waals surface area contributed by atoms with Crippen molar-refractivity contribution in [3.05, 3.63) is 0 Å². The third kappa shape index (κ3) is 3.19. The fourth-order valence-electron chi connectivity index (χ4n) is 1.64. The van der Waals surface area contributed by atoms with E-state index in [2.05, 4.69) is 41.6 Å². The second-order valence-corrected chi connectivity index (χ2v) is 5.90. The third-order valence-corrected chi connectivity index (χ3v) is 3.45. The van der Waals surface area contributed by atoms with Crippen LogP contribution in [0.4, 0.5) is 0 Å². The Bertz CT molecular complexity index is 181. The Kier molecular flexibility index (Phi) is 4.37. The summed E-state index contributed by atoms with van der Waals surface area (Å²) in [5.74, 6) is 0. The van der Waals surface area contributed by atoms with E-state index in [1.54, 1.807) is 0 Å². The van der Waals surface area contributed by atoms with Gasteiger partial charge in [-0.1, -0.05) is 15.9 Å². The quantitative estimate of drug-likeness (QED) is 0.780. The van der Waals surface area contributed by atoms with Gasteiger partial charge in [0.25, 0.3) is 0 Å². The van der Waals surface area contributed by atoms with Gasteiger partial charge < -0.3 is 9.84 Å². The lowest BCUT2D eigenvalue weighted by Crippen LogP contribution is -2.40. The van der Waals surface area contributed by atoms with E-state index >= 15 is 0 Å². The van der Waals surface area contributed by atoms with Crippen LogP contribution in [0, 0.1) is 0 Å². The van der Waals surface area contributed by atoms with Crippen molar-refractivity contribution in [1.29, 1.82) is 0 Å². The Balaban J connectivity index is 2.43. The number of aliphatic hydroxyl groups is 1. The van der Waals surface area contributed by atoms with Gasteiger partial charge >= 0.3 is 0 Å². The molecule has 1 rings (SSSR count). The Morgan fingerprint density at radius 3 is 2.50 bits per heavy atom. The SMILES string of the molecule is CC(C)(C)N1CC(Br)C(OCCO)C1. The van der Waals surface area contributed by atoms with Gasteiger partial charge in [-0.2, -0.15) is 0 Å². The van der Waals surface area contributed by atoms with Crippen LogP contribution in [0.3, 0.4) is 0 Å². The first-order valence-electron chi connectivity index (χ1n) is 5.06. The van der Waals surface area contributed by atoms with Crippen molar-refractivity contribution in [3.63, 3.8) is 0 Å². The van der Waals surface area contributed by atoms with E-state index in [0.717, 1.165) is 13.1 Å². The molecule has 0 saturated carbocycles. The number of halogens is 1. The highest BCUT2D eigenvalue weighted by Gasteiger charge is 2.36. The minimum absolute atomic E-state index is 0.103. The van der Waals surface area contributed by atoms with Crippen LogP contribution in [-0.4, -0.2) is 52.8 Å². The normalized spacial score (nSPS) is 29.8. The zero-order valence-corrected chi connectivity index (χ0v) is 10.7. The molecule has 0 aromatic carbocycles. The van der Waals surface area contributed by atoms with Gasteiger partial charge in [0.2, 0.25) is 0 Å². The summed E-state index contributed by atoms with van der Waals surface area (Å²) in [6.07, 6.45) is 0.210. The molecule has 0 amide bonds. The summed E-state index contributed by atoms with van der Waals surface area (Å²) in [5.41, 5.74) is 0.198. The predicted octanol–water partition coefficient (Wildman–Crippen LogP) is 1.24. The maximum Gasteiger partial charge on any atom is 0.0840 e. The summed E-state index contributed by atoms with van der Waals surface area (Å²) >= 11 is 3.62. The van der Waals surface area contributed by atoms with Crippen molar-refractivity contribution in [3.8, 4) is 0 Å². The highest BCUT2D eigenvalue weighted by atomic mass is 79.9. The smallest absolute Gasteiger partial charge is 0.0840 e. The largest absolute Gasteiger partial charge is 0.394 e. The molecule has 1 saturated heterocycles. The highest BCUT2D eigenvalue weighted by molar-refractivity contribution is 9.09. The maximum atomic E-state index is 8.68. The molecule has 1 fully saturated rings. The molecular weight excluding hydrogens is 246 g/mol. The molecule has 2 atom stereocenters. The standard InChI is InChI=1S/C10H20BrNO2/c1-10(2,3)12-6-8(11)9(7-12)14-5-4-13/h8-9,13H,4-7H2,1-3H3. The van der Waals surface area contributed by atoms with Crippen molar-refractivity contribution >= 4 is 15.9 Å². The van der Waals surface area contributed by atoms with Gasteiger partial charge in [-0.15, -0.1) is 0 Å². The molecule has 4 heteroatoms. The zero-order chi connectivity index (χ0) is 10.8. The molecule has 0 aliphatic carbocycles. The molecule has 3 nitrogen and oxygen atoms in total. The second-order valence-electron chi connectivity index (χ2n) is 4.72. The minimum Gasteiger partial charge on any atom is -0.394 e. The van der Waals surface area contributed by atoms with Gasteiger partial charge in [0, 0.05) is 18.6 Å². The molecule has 1 heterocycles. The van der Waals surface area contributed by atoms with Crippen molar-refractivity contribution in [1.82, 2.24) is 4.90 Å². The lowest BCUT2D eigenvalue weighted by molar-refractivity contribution is 0.0298. The van der Waals surface area contributed by atoms with Gasteiger partial charge in [0.05, 0.1) is 24.1 Å². The van der Waals surface area contributed by atoms with Crippen molar-refractivity contribution in [2.45, 2.75) is 37.2 Å². The lowest BCUT2D eigenvalue weighted by atomic mass is 10.1. The van der Waals surface area contributed by atoms with Gasteiger partial charge in [-0.3, -0.25) is 4.90 Å². The average Bonchev–Trinajstić information content (AvgIpc) is 2.43. The molecule has 2 unspecified atom stereocenters. The van der Waals surface area contributed by atoms with Crippen LogP contribution in [0.25, 0.3) is 0 Å². The van der Waals surface area contributed by atoms with Crippen LogP contribution in [-0.2, 0) is 4.74 Å². The van der Waals surface area contributed by atoms with Crippen molar-refractivity contribution in [2.24, 2.45) is 0 Å². The average molecular weight is 266 g/mol. The van der Waals surface area contributed by atoms with E-state index in [1.807, 2.05) is 0 Å². The lowest BCUT2D eigenvalue weighted by Gasteiger charge is -2.31. The summed E-state index contributed by atoms with van der Waals surface area (Å²) in [6.45, 7) is 9.12. The molecule has 84 valence electrons. The first kappa shape index (κ1) is 12.4. The number of likely N-dealkylation sites (tertiary alicyclic amines) is 1. The summed E-state index contributed by atoms with van der Waals surface area (Å²) in [7, 11) is 0. The maximum absolute atomic E-state index is 8.68. The monoisotopic (exact) mass is 265 g/mol. The van der Waals surface area contributed by atoms with Crippen LogP contribution in [0.2, 0.25) is 0 Å². The summed E-state index contributed by atoms with van der Waals surface area (Å²) in [5, 5.41) is 8.68. The second kappa shape index (κ2) is 4.92. The van der Waals surface area contributed by atoms with Gasteiger partial charge in [0.1, 0.15) is 0 Å². The number of rotatable bonds is 3. The molecule has 1 N–H and O–H groups in total. The molecule has 0 aromatic rings. The molecule has 0 aromatic heterocycles. The number of hydrogen-bond acceptors (Lipinski definition) is 3. The Morgan fingerprint density at radius 1 is 1.43 bits per heavy atom. The fraction of sp³-hybridized carbons (Fsp3) is 1.00. The van der Waals surface area contributed by atoms with E-state index in [0.29, 0.717) is 11.4 Å². The first-order chi connectivity index (χ1) is 6.45. The molecule has 0 radical (unpaired) electrons. The molecule has 1 aliphatic heterocycles. The summed E-state index contributed by atoms with van der Waals surface area (Å²) < 4.78 is 5.55. The predicted molar refractivity (Wildman–Crippen MR) is 60.9 cm³/mol. The van der Waals surface area contributed by atoms with E-state index in [4.69, 9.17) is 9.84 Å². The molecule has 14 heavy (non-hydrogen) atoms.